The first-order valence-corrected chi connectivity index (χ1v) is 6.73. The van der Waals surface area contributed by atoms with Gasteiger partial charge in [0.25, 0.3) is 5.91 Å². The molecule has 0 spiro atoms. The third-order valence-corrected chi connectivity index (χ3v) is 3.17. The Balaban J connectivity index is 1.88. The topological polar surface area (TPSA) is 29.5 Å². The Morgan fingerprint density at radius 3 is 2.48 bits per heavy atom. The fraction of sp³-hybridized carbons (Fsp3) is 0.235. The average Bonchev–Trinajstić information content (AvgIpc) is 2.48. The van der Waals surface area contributed by atoms with Crippen molar-refractivity contribution in [3.8, 4) is 5.75 Å². The number of ether oxygens (including phenoxy) is 1. The molecule has 0 aliphatic carbocycles. The molecule has 1 amide bonds. The summed E-state index contributed by atoms with van der Waals surface area (Å²) in [5.41, 5.74) is 1.62. The normalized spacial score (nSPS) is 10.2. The highest BCUT2D eigenvalue weighted by Crippen LogP contribution is 2.12. The van der Waals surface area contributed by atoms with Gasteiger partial charge in [0.1, 0.15) is 11.6 Å². The molecule has 2 rings (SSSR count). The van der Waals surface area contributed by atoms with E-state index in [-0.39, 0.29) is 24.9 Å². The van der Waals surface area contributed by atoms with Gasteiger partial charge in [-0.1, -0.05) is 35.9 Å². The van der Waals surface area contributed by atoms with Crippen molar-refractivity contribution < 1.29 is 13.9 Å². The van der Waals surface area contributed by atoms with Crippen LogP contribution in [0, 0.1) is 12.7 Å². The zero-order valence-corrected chi connectivity index (χ0v) is 12.2. The third kappa shape index (κ3) is 4.31. The Kier molecular flexibility index (Phi) is 4.93. The largest absolute Gasteiger partial charge is 0.484 e. The van der Waals surface area contributed by atoms with Crippen LogP contribution >= 0.6 is 0 Å². The first kappa shape index (κ1) is 15.0. The van der Waals surface area contributed by atoms with Gasteiger partial charge in [-0.3, -0.25) is 4.79 Å². The predicted molar refractivity (Wildman–Crippen MR) is 79.5 cm³/mol. The number of aryl methyl sites for hydroxylation is 1. The zero-order valence-electron chi connectivity index (χ0n) is 12.2. The van der Waals surface area contributed by atoms with Crippen LogP contribution in [0.2, 0.25) is 0 Å². The maximum absolute atomic E-state index is 13.5. The molecule has 0 aliphatic rings. The number of halogens is 1. The van der Waals surface area contributed by atoms with Gasteiger partial charge < -0.3 is 9.64 Å². The minimum Gasteiger partial charge on any atom is -0.484 e. The summed E-state index contributed by atoms with van der Waals surface area (Å²) in [6, 6.07) is 13.9. The van der Waals surface area contributed by atoms with E-state index in [1.807, 2.05) is 31.2 Å². The van der Waals surface area contributed by atoms with Crippen LogP contribution in [0.1, 0.15) is 11.1 Å². The molecule has 0 heterocycles. The number of rotatable bonds is 5. The molecule has 2 aromatic carbocycles. The molecule has 0 N–H and O–H groups in total. The number of carbonyl (C=O) groups excluding carboxylic acids is 1. The van der Waals surface area contributed by atoms with Crippen molar-refractivity contribution in [2.45, 2.75) is 13.5 Å². The van der Waals surface area contributed by atoms with Crippen molar-refractivity contribution in [2.75, 3.05) is 13.7 Å². The molecule has 0 saturated heterocycles. The van der Waals surface area contributed by atoms with Gasteiger partial charge in [0.2, 0.25) is 0 Å². The lowest BCUT2D eigenvalue weighted by Gasteiger charge is -2.18. The number of likely N-dealkylation sites (N-methyl/N-ethyl adjacent to an activating group) is 1. The third-order valence-electron chi connectivity index (χ3n) is 3.17. The maximum Gasteiger partial charge on any atom is 0.260 e. The van der Waals surface area contributed by atoms with E-state index >= 15 is 0 Å². The molecule has 0 radical (unpaired) electrons. The highest BCUT2D eigenvalue weighted by molar-refractivity contribution is 5.77. The highest BCUT2D eigenvalue weighted by atomic mass is 19.1. The van der Waals surface area contributed by atoms with Crippen molar-refractivity contribution >= 4 is 5.91 Å². The van der Waals surface area contributed by atoms with E-state index in [2.05, 4.69) is 0 Å². The second kappa shape index (κ2) is 6.88. The second-order valence-corrected chi connectivity index (χ2v) is 4.94. The number of amides is 1. The smallest absolute Gasteiger partial charge is 0.260 e. The van der Waals surface area contributed by atoms with E-state index in [0.29, 0.717) is 11.3 Å². The Morgan fingerprint density at radius 2 is 1.81 bits per heavy atom. The first-order valence-electron chi connectivity index (χ1n) is 6.73. The fourth-order valence-corrected chi connectivity index (χ4v) is 1.86. The van der Waals surface area contributed by atoms with E-state index in [1.165, 1.54) is 11.0 Å². The number of hydrogen-bond acceptors (Lipinski definition) is 2. The monoisotopic (exact) mass is 287 g/mol. The molecule has 0 fully saturated rings. The first-order chi connectivity index (χ1) is 10.1. The molecule has 0 bridgehead atoms. The molecule has 110 valence electrons. The lowest BCUT2D eigenvalue weighted by Crippen LogP contribution is -2.31. The number of benzene rings is 2. The summed E-state index contributed by atoms with van der Waals surface area (Å²) in [4.78, 5) is 13.4. The van der Waals surface area contributed by atoms with Crippen molar-refractivity contribution in [2.24, 2.45) is 0 Å². The molecule has 0 aromatic heterocycles. The molecular formula is C17H18FNO2. The van der Waals surface area contributed by atoms with E-state index in [4.69, 9.17) is 4.74 Å². The molecule has 0 atom stereocenters. The molecule has 4 heteroatoms. The minimum absolute atomic E-state index is 0.0615. The van der Waals surface area contributed by atoms with Gasteiger partial charge in [0.15, 0.2) is 6.61 Å². The average molecular weight is 287 g/mol. The quantitative estimate of drug-likeness (QED) is 0.845. The fourth-order valence-electron chi connectivity index (χ4n) is 1.86. The van der Waals surface area contributed by atoms with Crippen LogP contribution in [0.4, 0.5) is 4.39 Å². The maximum atomic E-state index is 13.5. The van der Waals surface area contributed by atoms with Gasteiger partial charge >= 0.3 is 0 Å². The van der Waals surface area contributed by atoms with E-state index in [1.54, 1.807) is 25.2 Å². The van der Waals surface area contributed by atoms with Crippen LogP contribution in [0.3, 0.4) is 0 Å². The summed E-state index contributed by atoms with van der Waals surface area (Å²) in [5, 5.41) is 0. The lowest BCUT2D eigenvalue weighted by molar-refractivity contribution is -0.132. The van der Waals surface area contributed by atoms with Crippen LogP contribution < -0.4 is 4.74 Å². The van der Waals surface area contributed by atoms with Gasteiger partial charge in [-0.25, -0.2) is 4.39 Å². The van der Waals surface area contributed by atoms with E-state index in [0.717, 1.165) is 5.56 Å². The van der Waals surface area contributed by atoms with Gasteiger partial charge in [0, 0.05) is 19.2 Å². The summed E-state index contributed by atoms with van der Waals surface area (Å²) in [5.74, 6) is 0.142. The van der Waals surface area contributed by atoms with E-state index in [9.17, 15) is 9.18 Å². The van der Waals surface area contributed by atoms with Crippen LogP contribution in [-0.2, 0) is 11.3 Å². The number of nitrogens with zero attached hydrogens (tertiary/aromatic N) is 1. The Hall–Kier alpha value is -2.36. The van der Waals surface area contributed by atoms with Crippen molar-refractivity contribution in [3.05, 3.63) is 65.5 Å². The van der Waals surface area contributed by atoms with Gasteiger partial charge in [0.05, 0.1) is 0 Å². The number of carbonyl (C=O) groups is 1. The molecular weight excluding hydrogens is 269 g/mol. The highest BCUT2D eigenvalue weighted by Gasteiger charge is 2.12. The summed E-state index contributed by atoms with van der Waals surface area (Å²) in [6.45, 7) is 2.15. The summed E-state index contributed by atoms with van der Waals surface area (Å²) < 4.78 is 19.0. The van der Waals surface area contributed by atoms with Crippen molar-refractivity contribution in [1.82, 2.24) is 4.90 Å². The molecule has 0 unspecified atom stereocenters. The SMILES string of the molecule is Cc1ccc(OCC(=O)N(C)Cc2ccccc2F)cc1. The minimum atomic E-state index is -0.309. The molecule has 3 nitrogen and oxygen atoms in total. The summed E-state index contributed by atoms with van der Waals surface area (Å²) >= 11 is 0. The van der Waals surface area contributed by atoms with Crippen LogP contribution in [0.15, 0.2) is 48.5 Å². The Bertz CT molecular complexity index is 610. The Morgan fingerprint density at radius 1 is 1.14 bits per heavy atom. The predicted octanol–water partition coefficient (Wildman–Crippen LogP) is 3.17. The summed E-state index contributed by atoms with van der Waals surface area (Å²) in [7, 11) is 1.63. The van der Waals surface area contributed by atoms with Crippen LogP contribution in [0.25, 0.3) is 0 Å². The molecule has 0 saturated carbocycles. The van der Waals surface area contributed by atoms with E-state index < -0.39 is 0 Å². The summed E-state index contributed by atoms with van der Waals surface area (Å²) in [6.07, 6.45) is 0. The van der Waals surface area contributed by atoms with Crippen molar-refractivity contribution in [3.63, 3.8) is 0 Å². The van der Waals surface area contributed by atoms with Crippen molar-refractivity contribution in [1.29, 1.82) is 0 Å². The molecule has 0 aliphatic heterocycles. The van der Waals surface area contributed by atoms with Crippen LogP contribution in [-0.4, -0.2) is 24.5 Å². The lowest BCUT2D eigenvalue weighted by atomic mass is 10.2. The standard InChI is InChI=1S/C17H18FNO2/c1-13-7-9-15(10-8-13)21-12-17(20)19(2)11-14-5-3-4-6-16(14)18/h3-10H,11-12H2,1-2H3. The molecule has 21 heavy (non-hydrogen) atoms. The molecule has 2 aromatic rings. The van der Waals surface area contributed by atoms with Crippen LogP contribution in [0.5, 0.6) is 5.75 Å². The van der Waals surface area contributed by atoms with Gasteiger partial charge in [-0.15, -0.1) is 0 Å². The van der Waals surface area contributed by atoms with Gasteiger partial charge in [-0.05, 0) is 25.1 Å². The zero-order chi connectivity index (χ0) is 15.2. The number of hydrogen-bond donors (Lipinski definition) is 0. The van der Waals surface area contributed by atoms with Gasteiger partial charge in [-0.2, -0.15) is 0 Å². The Labute approximate surface area is 124 Å². The second-order valence-electron chi connectivity index (χ2n) is 4.94.